The molecule has 9 heteroatoms. The Morgan fingerprint density at radius 2 is 2.10 bits per heavy atom. The summed E-state index contributed by atoms with van der Waals surface area (Å²) in [4.78, 5) is 17.7. The number of amides is 1. The number of halogens is 3. The molecule has 2 fully saturated rings. The largest absolute Gasteiger partial charge is 0.493 e. The smallest absolute Gasteiger partial charge is 0.416 e. The van der Waals surface area contributed by atoms with Crippen molar-refractivity contribution in [2.24, 2.45) is 0 Å². The second-order valence-electron chi connectivity index (χ2n) is 11.5. The molecule has 1 amide bonds. The van der Waals surface area contributed by atoms with E-state index in [0.717, 1.165) is 29.8 Å². The minimum Gasteiger partial charge on any atom is -0.493 e. The molecule has 4 aliphatic rings. The maximum atomic E-state index is 13.6. The standard InChI is InChI=1S/C32H35F3N2O4/c1-4-16-36-17-15-30-27-21-10-11-24(40-3)28(27)41-29(30)23(13-14-31(30,39)25(36)19-21)37(5-2)26(38)12-9-20-7-6-8-22(18-20)32(33,34)35/h4,6-12,18,23,25,29,39H,1,5,13-17,19H2,2-3H3/b12-9+/t23?,25-,29?,30+,31-/m1/s1. The Morgan fingerprint density at radius 1 is 1.29 bits per heavy atom. The maximum absolute atomic E-state index is 13.6. The number of nitrogens with zero attached hydrogens (tertiary/aromatic N) is 2. The number of carbonyl (C=O) groups excluding carboxylic acids is 1. The molecule has 1 saturated carbocycles. The van der Waals surface area contributed by atoms with E-state index in [-0.39, 0.29) is 18.0 Å². The molecule has 2 aromatic rings. The topological polar surface area (TPSA) is 62.2 Å². The van der Waals surface area contributed by atoms with Crippen LogP contribution in [0.15, 0.2) is 55.1 Å². The van der Waals surface area contributed by atoms with Crippen molar-refractivity contribution < 1.29 is 32.5 Å². The molecule has 2 aliphatic heterocycles. The van der Waals surface area contributed by atoms with E-state index >= 15 is 0 Å². The van der Waals surface area contributed by atoms with Gasteiger partial charge in [0.15, 0.2) is 11.5 Å². The van der Waals surface area contributed by atoms with Gasteiger partial charge in [0.1, 0.15) is 6.10 Å². The van der Waals surface area contributed by atoms with Crippen LogP contribution >= 0.6 is 0 Å². The summed E-state index contributed by atoms with van der Waals surface area (Å²) >= 11 is 0. The first-order chi connectivity index (χ1) is 19.6. The number of likely N-dealkylation sites (N-methyl/N-ethyl adjacent to an activating group) is 1. The number of alkyl halides is 3. The molecule has 2 heterocycles. The predicted octanol–water partition coefficient (Wildman–Crippen LogP) is 4.98. The summed E-state index contributed by atoms with van der Waals surface area (Å²) in [5, 5.41) is 12.6. The van der Waals surface area contributed by atoms with E-state index in [4.69, 9.17) is 9.47 Å². The molecular weight excluding hydrogens is 533 g/mol. The molecule has 2 bridgehead atoms. The minimum atomic E-state index is -4.46. The monoisotopic (exact) mass is 568 g/mol. The summed E-state index contributed by atoms with van der Waals surface area (Å²) in [6.07, 6.45) is 2.05. The Morgan fingerprint density at radius 3 is 2.80 bits per heavy atom. The molecule has 1 N–H and O–H groups in total. The average Bonchev–Trinajstić information content (AvgIpc) is 3.30. The third-order valence-corrected chi connectivity index (χ3v) is 9.77. The van der Waals surface area contributed by atoms with Crippen molar-refractivity contribution in [2.45, 2.75) is 68.0 Å². The maximum Gasteiger partial charge on any atom is 0.416 e. The van der Waals surface area contributed by atoms with E-state index < -0.39 is 28.9 Å². The van der Waals surface area contributed by atoms with E-state index in [1.165, 1.54) is 18.2 Å². The van der Waals surface area contributed by atoms with E-state index in [2.05, 4.69) is 17.5 Å². The second-order valence-corrected chi connectivity index (χ2v) is 11.5. The van der Waals surface area contributed by atoms with Gasteiger partial charge in [-0.3, -0.25) is 9.69 Å². The number of hydrogen-bond donors (Lipinski definition) is 1. The number of ether oxygens (including phenoxy) is 2. The van der Waals surface area contributed by atoms with Gasteiger partial charge < -0.3 is 19.5 Å². The molecule has 1 saturated heterocycles. The zero-order valence-electron chi connectivity index (χ0n) is 23.3. The van der Waals surface area contributed by atoms with E-state index in [9.17, 15) is 23.1 Å². The Hall–Kier alpha value is -3.30. The van der Waals surface area contributed by atoms with Crippen LogP contribution < -0.4 is 9.47 Å². The molecule has 2 unspecified atom stereocenters. The summed E-state index contributed by atoms with van der Waals surface area (Å²) in [5.41, 5.74) is -0.103. The molecule has 6 rings (SSSR count). The highest BCUT2D eigenvalue weighted by Crippen LogP contribution is 2.66. The lowest BCUT2D eigenvalue weighted by Crippen LogP contribution is -2.78. The fourth-order valence-corrected chi connectivity index (χ4v) is 8.09. The zero-order chi connectivity index (χ0) is 29.2. The molecule has 2 aliphatic carbocycles. The van der Waals surface area contributed by atoms with Gasteiger partial charge in [0, 0.05) is 30.8 Å². The van der Waals surface area contributed by atoms with Gasteiger partial charge in [-0.05, 0) is 74.6 Å². The lowest BCUT2D eigenvalue weighted by molar-refractivity contribution is -0.199. The Labute approximate surface area is 238 Å². The average molecular weight is 569 g/mol. The number of benzene rings is 2. The van der Waals surface area contributed by atoms with Crippen LogP contribution in [0, 0.1) is 0 Å². The predicted molar refractivity (Wildman–Crippen MR) is 149 cm³/mol. The molecule has 41 heavy (non-hydrogen) atoms. The Balaban J connectivity index is 1.37. The van der Waals surface area contributed by atoms with Crippen LogP contribution in [0.3, 0.4) is 0 Å². The molecule has 2 aromatic carbocycles. The van der Waals surface area contributed by atoms with E-state index in [1.807, 2.05) is 19.1 Å². The number of methoxy groups -OCH3 is 1. The van der Waals surface area contributed by atoms with E-state index in [1.54, 1.807) is 18.1 Å². The van der Waals surface area contributed by atoms with Crippen molar-refractivity contribution in [3.63, 3.8) is 0 Å². The van der Waals surface area contributed by atoms with Gasteiger partial charge >= 0.3 is 6.18 Å². The van der Waals surface area contributed by atoms with Crippen molar-refractivity contribution in [3.8, 4) is 11.5 Å². The summed E-state index contributed by atoms with van der Waals surface area (Å²) in [7, 11) is 1.60. The SMILES string of the molecule is C=CCN1CC[C@]23c4c5ccc(OC)c4OC2C(N(CC)C(=O)/C=C/c2cccc(C(F)(F)F)c2)CC[C@@]3(O)[C@H]1C5. The normalized spacial score (nSPS) is 30.0. The summed E-state index contributed by atoms with van der Waals surface area (Å²) in [5.74, 6) is 0.957. The van der Waals surface area contributed by atoms with Gasteiger partial charge in [-0.25, -0.2) is 0 Å². The molecule has 1 spiro atoms. The van der Waals surface area contributed by atoms with Crippen LogP contribution in [0.4, 0.5) is 13.2 Å². The first-order valence-corrected chi connectivity index (χ1v) is 14.2. The highest BCUT2D eigenvalue weighted by atomic mass is 19.4. The number of aliphatic hydroxyl groups is 1. The molecule has 0 radical (unpaired) electrons. The first kappa shape index (κ1) is 27.8. The van der Waals surface area contributed by atoms with Crippen LogP contribution in [-0.2, 0) is 22.8 Å². The van der Waals surface area contributed by atoms with Crippen molar-refractivity contribution in [1.82, 2.24) is 9.80 Å². The third-order valence-electron chi connectivity index (χ3n) is 9.77. The molecule has 5 atom stereocenters. The Bertz CT molecular complexity index is 1410. The fraction of sp³-hybridized carbons (Fsp3) is 0.469. The lowest BCUT2D eigenvalue weighted by Gasteiger charge is -2.64. The third kappa shape index (κ3) is 4.03. The molecule has 218 valence electrons. The first-order valence-electron chi connectivity index (χ1n) is 14.2. The summed E-state index contributed by atoms with van der Waals surface area (Å²) < 4.78 is 52.0. The van der Waals surface area contributed by atoms with Gasteiger partial charge in [0.25, 0.3) is 0 Å². The highest BCUT2D eigenvalue weighted by Gasteiger charge is 2.73. The van der Waals surface area contributed by atoms with Gasteiger partial charge in [0.2, 0.25) is 5.91 Å². The van der Waals surface area contributed by atoms with Crippen LogP contribution in [0.25, 0.3) is 6.08 Å². The fourth-order valence-electron chi connectivity index (χ4n) is 8.09. The molecule has 6 nitrogen and oxygen atoms in total. The Kier molecular flexibility index (Phi) is 6.73. The van der Waals surface area contributed by atoms with Crippen LogP contribution in [-0.4, -0.2) is 71.3 Å². The van der Waals surface area contributed by atoms with Crippen molar-refractivity contribution in [1.29, 1.82) is 0 Å². The van der Waals surface area contributed by atoms with Crippen LogP contribution in [0.5, 0.6) is 11.5 Å². The molecule has 0 aromatic heterocycles. The highest BCUT2D eigenvalue weighted by molar-refractivity contribution is 5.92. The van der Waals surface area contributed by atoms with Gasteiger partial charge in [0.05, 0.1) is 29.7 Å². The van der Waals surface area contributed by atoms with Crippen LogP contribution in [0.1, 0.15) is 48.4 Å². The van der Waals surface area contributed by atoms with E-state index in [0.29, 0.717) is 55.8 Å². The number of piperidine rings is 1. The summed E-state index contributed by atoms with van der Waals surface area (Å²) in [6, 6.07) is 8.44. The van der Waals surface area contributed by atoms with Gasteiger partial charge in [-0.2, -0.15) is 13.2 Å². The summed E-state index contributed by atoms with van der Waals surface area (Å²) in [6.45, 7) is 7.64. The zero-order valence-corrected chi connectivity index (χ0v) is 23.3. The number of carbonyl (C=O) groups is 1. The van der Waals surface area contributed by atoms with Gasteiger partial charge in [-0.1, -0.05) is 24.3 Å². The number of likely N-dealkylation sites (tertiary alicyclic amines) is 1. The minimum absolute atomic E-state index is 0.111. The second kappa shape index (κ2) is 9.91. The number of hydrogen-bond acceptors (Lipinski definition) is 5. The lowest BCUT2D eigenvalue weighted by atomic mass is 9.48. The quantitative estimate of drug-likeness (QED) is 0.377. The van der Waals surface area contributed by atoms with Crippen molar-refractivity contribution in [2.75, 3.05) is 26.7 Å². The van der Waals surface area contributed by atoms with Gasteiger partial charge in [-0.15, -0.1) is 6.58 Å². The van der Waals surface area contributed by atoms with Crippen molar-refractivity contribution in [3.05, 3.63) is 77.4 Å². The van der Waals surface area contributed by atoms with Crippen molar-refractivity contribution >= 4 is 12.0 Å². The molecular formula is C32H35F3N2O4. The number of rotatable bonds is 7. The van der Waals surface area contributed by atoms with Crippen LogP contribution in [0.2, 0.25) is 0 Å².